The average molecular weight is 313 g/mol. The number of allylic oxidation sites excluding steroid dienone is 1. The highest BCUT2D eigenvalue weighted by molar-refractivity contribution is 7.12. The molecule has 0 unspecified atom stereocenters. The number of ether oxygens (including phenoxy) is 2. The molecule has 0 amide bonds. The van der Waals surface area contributed by atoms with Crippen molar-refractivity contribution in [3.63, 3.8) is 0 Å². The Hall–Kier alpha value is -2.58. The molecule has 0 saturated heterocycles. The zero-order chi connectivity index (χ0) is 16.1. The van der Waals surface area contributed by atoms with E-state index in [4.69, 9.17) is 9.47 Å². The van der Waals surface area contributed by atoms with Crippen LogP contribution in [0.1, 0.15) is 20.8 Å². The number of hydrogen-bond acceptors (Lipinski definition) is 5. The average Bonchev–Trinajstić information content (AvgIpc) is 2.97. The van der Waals surface area contributed by atoms with Crippen molar-refractivity contribution < 1.29 is 14.3 Å². The highest BCUT2D eigenvalue weighted by Gasteiger charge is 2.16. The summed E-state index contributed by atoms with van der Waals surface area (Å²) in [6.07, 6.45) is 1.55. The monoisotopic (exact) mass is 313 g/mol. The summed E-state index contributed by atoms with van der Waals surface area (Å²) in [7, 11) is 3.10. The minimum Gasteiger partial charge on any atom is -0.497 e. The van der Waals surface area contributed by atoms with Crippen molar-refractivity contribution in [1.82, 2.24) is 0 Å². The van der Waals surface area contributed by atoms with Crippen LogP contribution in [-0.2, 0) is 0 Å². The summed E-state index contributed by atoms with van der Waals surface area (Å²) in [6, 6.07) is 9.06. The molecule has 0 N–H and O–H groups in total. The molecule has 2 aromatic rings. The molecule has 2 rings (SSSR count). The van der Waals surface area contributed by atoms with E-state index in [1.165, 1.54) is 11.3 Å². The molecule has 0 spiro atoms. The normalized spacial score (nSPS) is 10.9. The summed E-state index contributed by atoms with van der Waals surface area (Å²) < 4.78 is 10.4. The second-order valence-corrected chi connectivity index (χ2v) is 5.49. The zero-order valence-electron chi connectivity index (χ0n) is 12.5. The fourth-order valence-corrected chi connectivity index (χ4v) is 2.83. The van der Waals surface area contributed by atoms with Gasteiger partial charge in [0.15, 0.2) is 0 Å². The minimum atomic E-state index is -0.267. The number of rotatable bonds is 5. The Labute approximate surface area is 133 Å². The van der Waals surface area contributed by atoms with Crippen LogP contribution in [0.3, 0.4) is 0 Å². The van der Waals surface area contributed by atoms with Crippen LogP contribution in [0.2, 0.25) is 0 Å². The lowest BCUT2D eigenvalue weighted by Gasteiger charge is -2.06. The molecule has 112 valence electrons. The number of methoxy groups -OCH3 is 2. The Balaban J connectivity index is 2.43. The van der Waals surface area contributed by atoms with Gasteiger partial charge in [-0.25, -0.2) is 0 Å². The Morgan fingerprint density at radius 3 is 2.32 bits per heavy atom. The summed E-state index contributed by atoms with van der Waals surface area (Å²) in [5.74, 6) is 0.932. The number of nitrogens with zero attached hydrogens (tertiary/aromatic N) is 1. The van der Waals surface area contributed by atoms with E-state index in [1.807, 2.05) is 24.4 Å². The van der Waals surface area contributed by atoms with E-state index in [0.717, 1.165) is 5.56 Å². The smallest absolute Gasteiger partial charge is 0.213 e. The Kier molecular flexibility index (Phi) is 4.97. The van der Waals surface area contributed by atoms with E-state index >= 15 is 0 Å². The SMILES string of the molecule is COc1cc(/C=C(\C#N)C(=O)c2sccc2C)cc(OC)c1. The number of nitriles is 1. The molecule has 0 bridgehead atoms. The first-order valence-corrected chi connectivity index (χ1v) is 7.40. The molecule has 1 aromatic heterocycles. The molecular weight excluding hydrogens is 298 g/mol. The first-order chi connectivity index (χ1) is 10.6. The van der Waals surface area contributed by atoms with Crippen molar-refractivity contribution in [2.45, 2.75) is 6.92 Å². The summed E-state index contributed by atoms with van der Waals surface area (Å²) >= 11 is 1.34. The van der Waals surface area contributed by atoms with Gasteiger partial charge in [0.2, 0.25) is 5.78 Å². The molecule has 0 aliphatic carbocycles. The molecule has 0 radical (unpaired) electrons. The van der Waals surface area contributed by atoms with Crippen LogP contribution >= 0.6 is 11.3 Å². The molecule has 0 aliphatic heterocycles. The van der Waals surface area contributed by atoms with Gasteiger partial charge in [-0.1, -0.05) is 0 Å². The summed E-state index contributed by atoms with van der Waals surface area (Å²) in [6.45, 7) is 1.85. The third-order valence-corrected chi connectivity index (χ3v) is 4.13. The predicted molar refractivity (Wildman–Crippen MR) is 86.5 cm³/mol. The van der Waals surface area contributed by atoms with Crippen molar-refractivity contribution in [2.75, 3.05) is 14.2 Å². The number of aryl methyl sites for hydroxylation is 1. The minimum absolute atomic E-state index is 0.0841. The standard InChI is InChI=1S/C17H15NO3S/c1-11-4-5-22-17(11)16(19)13(10-18)6-12-7-14(20-2)9-15(8-12)21-3/h4-9H,1-3H3/b13-6+. The molecule has 0 atom stereocenters. The maximum atomic E-state index is 12.4. The lowest BCUT2D eigenvalue weighted by Crippen LogP contribution is -2.01. The van der Waals surface area contributed by atoms with Crippen molar-refractivity contribution in [3.8, 4) is 17.6 Å². The van der Waals surface area contributed by atoms with Crippen LogP contribution < -0.4 is 9.47 Å². The quantitative estimate of drug-likeness (QED) is 0.478. The van der Waals surface area contributed by atoms with Gasteiger partial charge < -0.3 is 9.47 Å². The largest absolute Gasteiger partial charge is 0.497 e. The van der Waals surface area contributed by atoms with Crippen LogP contribution in [-0.4, -0.2) is 20.0 Å². The molecule has 0 aliphatic rings. The number of Topliss-reactive ketones (excluding diaryl/α,β-unsaturated/α-hetero) is 1. The Morgan fingerprint density at radius 2 is 1.86 bits per heavy atom. The van der Waals surface area contributed by atoms with Crippen LogP contribution in [0.15, 0.2) is 35.2 Å². The summed E-state index contributed by atoms with van der Waals surface area (Å²) in [5, 5.41) is 11.1. The summed E-state index contributed by atoms with van der Waals surface area (Å²) in [5.41, 5.74) is 1.63. The fraction of sp³-hybridized carbons (Fsp3) is 0.176. The van der Waals surface area contributed by atoms with Gasteiger partial charge in [0, 0.05) is 6.07 Å². The fourth-order valence-electron chi connectivity index (χ4n) is 1.96. The van der Waals surface area contributed by atoms with E-state index in [2.05, 4.69) is 0 Å². The molecule has 0 fully saturated rings. The van der Waals surface area contributed by atoms with Crippen molar-refractivity contribution in [1.29, 1.82) is 5.26 Å². The number of hydrogen-bond donors (Lipinski definition) is 0. The van der Waals surface area contributed by atoms with Crippen LogP contribution in [0.4, 0.5) is 0 Å². The molecule has 4 nitrogen and oxygen atoms in total. The molecule has 1 aromatic carbocycles. The third kappa shape index (κ3) is 3.35. The summed E-state index contributed by atoms with van der Waals surface area (Å²) in [4.78, 5) is 13.0. The molecule has 0 saturated carbocycles. The maximum Gasteiger partial charge on any atom is 0.213 e. The van der Waals surface area contributed by atoms with Gasteiger partial charge in [0.1, 0.15) is 23.1 Å². The highest BCUT2D eigenvalue weighted by Crippen LogP contribution is 2.25. The lowest BCUT2D eigenvalue weighted by molar-refractivity contribution is 0.104. The highest BCUT2D eigenvalue weighted by atomic mass is 32.1. The van der Waals surface area contributed by atoms with E-state index in [-0.39, 0.29) is 11.4 Å². The van der Waals surface area contributed by atoms with Crippen LogP contribution in [0.5, 0.6) is 11.5 Å². The first kappa shape index (κ1) is 15.8. The van der Waals surface area contributed by atoms with Crippen LogP contribution in [0, 0.1) is 18.3 Å². The number of thiophene rings is 1. The van der Waals surface area contributed by atoms with E-state index in [1.54, 1.807) is 38.5 Å². The topological polar surface area (TPSA) is 59.3 Å². The van der Waals surface area contributed by atoms with Gasteiger partial charge in [-0.2, -0.15) is 5.26 Å². The van der Waals surface area contributed by atoms with Gasteiger partial charge in [-0.05, 0) is 47.7 Å². The second kappa shape index (κ2) is 6.92. The number of carbonyl (C=O) groups excluding carboxylic acids is 1. The third-order valence-electron chi connectivity index (χ3n) is 3.12. The van der Waals surface area contributed by atoms with E-state index in [9.17, 15) is 10.1 Å². The molecule has 5 heteroatoms. The van der Waals surface area contributed by atoms with Crippen molar-refractivity contribution in [3.05, 3.63) is 51.2 Å². The van der Waals surface area contributed by atoms with Crippen molar-refractivity contribution in [2.24, 2.45) is 0 Å². The van der Waals surface area contributed by atoms with Gasteiger partial charge >= 0.3 is 0 Å². The number of carbonyl (C=O) groups is 1. The van der Waals surface area contributed by atoms with Gasteiger partial charge in [-0.15, -0.1) is 11.3 Å². The van der Waals surface area contributed by atoms with Crippen LogP contribution in [0.25, 0.3) is 6.08 Å². The molecule has 1 heterocycles. The lowest BCUT2D eigenvalue weighted by atomic mass is 10.0. The van der Waals surface area contributed by atoms with E-state index < -0.39 is 0 Å². The van der Waals surface area contributed by atoms with Gasteiger partial charge in [0.25, 0.3) is 0 Å². The predicted octanol–water partition coefficient (Wildman–Crippen LogP) is 3.86. The number of benzene rings is 1. The molecule has 22 heavy (non-hydrogen) atoms. The second-order valence-electron chi connectivity index (χ2n) is 4.58. The Morgan fingerprint density at radius 1 is 1.23 bits per heavy atom. The van der Waals surface area contributed by atoms with Crippen molar-refractivity contribution >= 4 is 23.2 Å². The zero-order valence-corrected chi connectivity index (χ0v) is 13.4. The first-order valence-electron chi connectivity index (χ1n) is 6.52. The molecular formula is C17H15NO3S. The van der Waals surface area contributed by atoms with Gasteiger partial charge in [-0.3, -0.25) is 4.79 Å². The van der Waals surface area contributed by atoms with E-state index in [0.29, 0.717) is 21.9 Å². The number of ketones is 1. The maximum absolute atomic E-state index is 12.4. The Bertz CT molecular complexity index is 746. The van der Waals surface area contributed by atoms with Gasteiger partial charge in [0.05, 0.1) is 19.1 Å².